The zero-order chi connectivity index (χ0) is 27.8. The normalized spacial score (nSPS) is 20.7. The fraction of sp³-hybridized carbons (Fsp3) is 0.552. The highest BCUT2D eigenvalue weighted by Gasteiger charge is 2.36. The Bertz CT molecular complexity index is 1110. The first-order chi connectivity index (χ1) is 18.7. The smallest absolute Gasteiger partial charge is 0.408 e. The highest BCUT2D eigenvalue weighted by molar-refractivity contribution is 5.69. The summed E-state index contributed by atoms with van der Waals surface area (Å²) in [5.41, 5.74) is 2.52. The Labute approximate surface area is 230 Å². The van der Waals surface area contributed by atoms with Gasteiger partial charge in [-0.3, -0.25) is 0 Å². The highest BCUT2D eigenvalue weighted by Crippen LogP contribution is 2.26. The van der Waals surface area contributed by atoms with Crippen molar-refractivity contribution < 1.29 is 28.5 Å². The first-order valence-corrected chi connectivity index (χ1v) is 13.5. The second-order valence-electron chi connectivity index (χ2n) is 11.0. The Hall–Kier alpha value is -3.37. The molecule has 2 aromatic rings. The number of carbonyl (C=O) groups is 2. The van der Waals surface area contributed by atoms with Gasteiger partial charge in [0.2, 0.25) is 0 Å². The lowest BCUT2D eigenvalue weighted by Crippen LogP contribution is -2.46. The fourth-order valence-electron chi connectivity index (χ4n) is 4.84. The van der Waals surface area contributed by atoms with Gasteiger partial charge in [-0.25, -0.2) is 14.6 Å². The maximum Gasteiger partial charge on any atom is 0.408 e. The van der Waals surface area contributed by atoms with E-state index in [4.69, 9.17) is 23.9 Å². The maximum atomic E-state index is 12.5. The number of hydrogen-bond acceptors (Lipinski definition) is 8. The van der Waals surface area contributed by atoms with Gasteiger partial charge in [0.1, 0.15) is 18.0 Å². The van der Waals surface area contributed by atoms with Crippen LogP contribution in [0, 0.1) is 0 Å². The van der Waals surface area contributed by atoms with E-state index < -0.39 is 17.8 Å². The summed E-state index contributed by atoms with van der Waals surface area (Å²) in [4.78, 5) is 31.9. The van der Waals surface area contributed by atoms with E-state index in [0.29, 0.717) is 32.7 Å². The molecular formula is C29H40N4O6. The molecule has 2 aliphatic rings. The van der Waals surface area contributed by atoms with E-state index in [9.17, 15) is 9.59 Å². The first-order valence-electron chi connectivity index (χ1n) is 13.5. The lowest BCUT2D eigenvalue weighted by Gasteiger charge is -2.26. The number of hydrogen-bond donors (Lipinski definition) is 2. The molecule has 0 bridgehead atoms. The van der Waals surface area contributed by atoms with Gasteiger partial charge in [-0.2, -0.15) is 0 Å². The van der Waals surface area contributed by atoms with Crippen molar-refractivity contribution in [3.63, 3.8) is 0 Å². The molecule has 212 valence electrons. The number of ether oxygens (including phenoxy) is 4. The molecule has 10 nitrogen and oxygen atoms in total. The number of nitrogens with zero attached hydrogens (tertiary/aromatic N) is 2. The number of nitrogens with one attached hydrogen (secondary N) is 2. The molecular weight excluding hydrogens is 500 g/mol. The summed E-state index contributed by atoms with van der Waals surface area (Å²) in [5.74, 6) is 0.844. The molecule has 1 saturated heterocycles. The number of alkyl carbamates (subject to hydrolysis) is 2. The van der Waals surface area contributed by atoms with Gasteiger partial charge in [0, 0.05) is 31.9 Å². The molecule has 4 rings (SSSR count). The van der Waals surface area contributed by atoms with Crippen molar-refractivity contribution >= 4 is 18.0 Å². The van der Waals surface area contributed by atoms with Crippen molar-refractivity contribution in [3.05, 3.63) is 59.3 Å². The maximum absolute atomic E-state index is 12.5. The van der Waals surface area contributed by atoms with Gasteiger partial charge in [0.25, 0.3) is 0 Å². The molecule has 10 heteroatoms. The van der Waals surface area contributed by atoms with Crippen LogP contribution in [0.1, 0.15) is 44.0 Å². The van der Waals surface area contributed by atoms with Crippen LogP contribution in [0.15, 0.2) is 42.5 Å². The molecule has 0 spiro atoms. The summed E-state index contributed by atoms with van der Waals surface area (Å²) in [5, 5.41) is 5.96. The molecule has 2 amide bonds. The van der Waals surface area contributed by atoms with Crippen LogP contribution in [-0.2, 0) is 38.4 Å². The number of anilines is 1. The summed E-state index contributed by atoms with van der Waals surface area (Å²) < 4.78 is 22.0. The van der Waals surface area contributed by atoms with Gasteiger partial charge in [-0.15, -0.1) is 0 Å². The number of aromatic nitrogens is 1. The lowest BCUT2D eigenvalue weighted by molar-refractivity contribution is 0.00946. The van der Waals surface area contributed by atoms with Crippen LogP contribution >= 0.6 is 0 Å². The topological polar surface area (TPSA) is 111 Å². The molecule has 2 N–H and O–H groups in total. The number of aryl methyl sites for hydroxylation is 1. The van der Waals surface area contributed by atoms with Crippen LogP contribution < -0.4 is 15.5 Å². The zero-order valence-electron chi connectivity index (χ0n) is 23.3. The van der Waals surface area contributed by atoms with Crippen molar-refractivity contribution in [1.29, 1.82) is 0 Å². The summed E-state index contributed by atoms with van der Waals surface area (Å²) >= 11 is 0. The molecule has 1 aromatic carbocycles. The standard InChI is InChI=1S/C29H40N4O6/c1-29(2,3)39-28(35)32-24-17-33(18-25(24)37-15-14-36-4)26-13-10-21-16-22(11-12-23(21)31-26)30-27(34)38-19-20-8-6-5-7-9-20/h5-10,13,22,24-25H,11-12,14-19H2,1-4H3,(H,30,34)(H,32,35)/t22-,24?,25?/m0/s1. The van der Waals surface area contributed by atoms with Crippen LogP contribution in [0.4, 0.5) is 15.4 Å². The van der Waals surface area contributed by atoms with Gasteiger partial charge < -0.3 is 34.5 Å². The van der Waals surface area contributed by atoms with Crippen molar-refractivity contribution in [1.82, 2.24) is 15.6 Å². The largest absolute Gasteiger partial charge is 0.445 e. The van der Waals surface area contributed by atoms with Crippen LogP contribution in [-0.4, -0.2) is 74.4 Å². The molecule has 0 radical (unpaired) electrons. The minimum absolute atomic E-state index is 0.00110. The van der Waals surface area contributed by atoms with Crippen LogP contribution in [0.5, 0.6) is 0 Å². The molecule has 1 aromatic heterocycles. The van der Waals surface area contributed by atoms with E-state index in [0.717, 1.165) is 35.5 Å². The number of rotatable bonds is 9. The number of methoxy groups -OCH3 is 1. The Balaban J connectivity index is 1.33. The molecule has 3 atom stereocenters. The zero-order valence-corrected chi connectivity index (χ0v) is 23.3. The molecule has 39 heavy (non-hydrogen) atoms. The molecule has 2 heterocycles. The molecule has 1 fully saturated rings. The van der Waals surface area contributed by atoms with E-state index in [-0.39, 0.29) is 24.8 Å². The Kier molecular flexibility index (Phi) is 9.63. The number of fused-ring (bicyclic) bond motifs is 1. The Morgan fingerprint density at radius 2 is 1.82 bits per heavy atom. The van der Waals surface area contributed by atoms with Gasteiger partial charge in [-0.1, -0.05) is 36.4 Å². The number of benzene rings is 1. The Morgan fingerprint density at radius 1 is 1.03 bits per heavy atom. The quantitative estimate of drug-likeness (QED) is 0.464. The van der Waals surface area contributed by atoms with Crippen molar-refractivity contribution in [2.24, 2.45) is 0 Å². The van der Waals surface area contributed by atoms with E-state index in [1.54, 1.807) is 7.11 Å². The minimum Gasteiger partial charge on any atom is -0.445 e. The van der Waals surface area contributed by atoms with Gasteiger partial charge in [0.05, 0.1) is 25.4 Å². The predicted octanol–water partition coefficient (Wildman–Crippen LogP) is 3.61. The molecule has 0 saturated carbocycles. The van der Waals surface area contributed by atoms with E-state index in [1.165, 1.54) is 0 Å². The predicted molar refractivity (Wildman–Crippen MR) is 147 cm³/mol. The highest BCUT2D eigenvalue weighted by atomic mass is 16.6. The van der Waals surface area contributed by atoms with Gasteiger partial charge in [0.15, 0.2) is 0 Å². The van der Waals surface area contributed by atoms with E-state index in [2.05, 4.69) is 21.6 Å². The summed E-state index contributed by atoms with van der Waals surface area (Å²) in [6, 6.07) is 13.5. The molecule has 2 unspecified atom stereocenters. The number of pyridine rings is 1. The fourth-order valence-corrected chi connectivity index (χ4v) is 4.84. The van der Waals surface area contributed by atoms with Crippen molar-refractivity contribution in [2.45, 2.75) is 70.4 Å². The second kappa shape index (κ2) is 13.1. The third kappa shape index (κ3) is 8.56. The number of carbonyl (C=O) groups excluding carboxylic acids is 2. The first kappa shape index (κ1) is 28.6. The number of amides is 2. The monoisotopic (exact) mass is 540 g/mol. The van der Waals surface area contributed by atoms with Gasteiger partial charge >= 0.3 is 12.2 Å². The third-order valence-electron chi connectivity index (χ3n) is 6.70. The minimum atomic E-state index is -0.583. The lowest BCUT2D eigenvalue weighted by atomic mass is 9.92. The second-order valence-corrected chi connectivity index (χ2v) is 11.0. The molecule has 1 aliphatic carbocycles. The van der Waals surface area contributed by atoms with E-state index in [1.807, 2.05) is 57.2 Å². The third-order valence-corrected chi connectivity index (χ3v) is 6.70. The Morgan fingerprint density at radius 3 is 2.56 bits per heavy atom. The van der Waals surface area contributed by atoms with Crippen LogP contribution in [0.25, 0.3) is 0 Å². The van der Waals surface area contributed by atoms with Crippen molar-refractivity contribution in [3.8, 4) is 0 Å². The average molecular weight is 541 g/mol. The summed E-state index contributed by atoms with van der Waals surface area (Å²) in [7, 11) is 1.63. The van der Waals surface area contributed by atoms with Crippen LogP contribution in [0.3, 0.4) is 0 Å². The van der Waals surface area contributed by atoms with E-state index >= 15 is 0 Å². The van der Waals surface area contributed by atoms with Crippen molar-refractivity contribution in [2.75, 3.05) is 38.3 Å². The molecule has 1 aliphatic heterocycles. The SMILES string of the molecule is COCCOC1CN(c2ccc3c(n2)CC[C@H](NC(=O)OCc2ccccc2)C3)CC1NC(=O)OC(C)(C)C. The van der Waals surface area contributed by atoms with Crippen LogP contribution in [0.2, 0.25) is 0 Å². The average Bonchev–Trinajstić information content (AvgIpc) is 3.29. The summed E-state index contributed by atoms with van der Waals surface area (Å²) in [6.07, 6.45) is 1.16. The summed E-state index contributed by atoms with van der Waals surface area (Å²) in [6.45, 7) is 7.81. The van der Waals surface area contributed by atoms with Gasteiger partial charge in [-0.05, 0) is 57.2 Å².